The molecule has 0 N–H and O–H groups in total. The number of nitrogens with zero attached hydrogens (tertiary/aromatic N) is 1. The van der Waals surface area contributed by atoms with Crippen LogP contribution in [0.1, 0.15) is 71.8 Å². The maximum atomic E-state index is 14.1. The summed E-state index contributed by atoms with van der Waals surface area (Å²) in [5, 5.41) is 0. The fourth-order valence-corrected chi connectivity index (χ4v) is 6.68. The van der Waals surface area contributed by atoms with E-state index in [1.54, 1.807) is 0 Å². The first kappa shape index (κ1) is 28.2. The summed E-state index contributed by atoms with van der Waals surface area (Å²) < 4.78 is 12.7. The minimum absolute atomic E-state index is 0.0909. The first-order valence-corrected chi connectivity index (χ1v) is 14.6. The monoisotopic (exact) mass is 601 g/mol. The van der Waals surface area contributed by atoms with Crippen LogP contribution in [0.15, 0.2) is 69.5 Å². The minimum Gasteiger partial charge on any atom is -0.490 e. The van der Waals surface area contributed by atoms with Crippen LogP contribution in [-0.4, -0.2) is 24.8 Å². The van der Waals surface area contributed by atoms with E-state index in [9.17, 15) is 9.59 Å². The summed E-state index contributed by atoms with van der Waals surface area (Å²) in [7, 11) is 0. The van der Waals surface area contributed by atoms with E-state index >= 15 is 0 Å². The van der Waals surface area contributed by atoms with Crippen molar-refractivity contribution in [3.8, 4) is 23.8 Å². The van der Waals surface area contributed by atoms with E-state index in [1.165, 1.54) is 0 Å². The number of hydrogen-bond donors (Lipinski definition) is 0. The first-order valence-electron chi connectivity index (χ1n) is 13.9. The lowest BCUT2D eigenvalue weighted by Gasteiger charge is -2.49. The SMILES string of the molecule is C#CCOc1ccc(C2C3=C(CC(C)(C)CC3=O)N(c3ccc(Br)cc3)C3=C2C(=O)CC(C)(C)C3)cc1OCC. The molecule has 208 valence electrons. The Morgan fingerprint density at radius 2 is 1.45 bits per heavy atom. The molecule has 40 heavy (non-hydrogen) atoms. The molecular formula is C34H36BrNO4. The number of Topliss-reactive ketones (excluding diaryl/α,β-unsaturated/α-hetero) is 2. The highest BCUT2D eigenvalue weighted by Gasteiger charge is 2.49. The predicted octanol–water partition coefficient (Wildman–Crippen LogP) is 7.75. The van der Waals surface area contributed by atoms with Crippen LogP contribution in [-0.2, 0) is 9.59 Å². The third-order valence-electron chi connectivity index (χ3n) is 7.91. The fraction of sp³-hybridized carbons (Fsp3) is 0.412. The smallest absolute Gasteiger partial charge is 0.162 e. The molecule has 0 radical (unpaired) electrons. The molecule has 0 fully saturated rings. The standard InChI is InChI=1S/C34H36BrNO4/c1-7-15-40-28-14-9-21(16-29(28)39-8-2)30-31-24(17-33(3,4)19-26(31)37)36(23-12-10-22(35)11-13-23)25-18-34(5,6)20-27(38)32(25)30/h1,9-14,16,30H,8,15,17-20H2,2-6H3. The highest BCUT2D eigenvalue weighted by atomic mass is 79.9. The molecule has 5 nitrogen and oxygen atoms in total. The van der Waals surface area contributed by atoms with Crippen LogP contribution in [0.5, 0.6) is 11.5 Å². The highest BCUT2D eigenvalue weighted by Crippen LogP contribution is 2.56. The number of terminal acetylenes is 1. The normalized spacial score (nSPS) is 20.2. The molecule has 2 aromatic carbocycles. The van der Waals surface area contributed by atoms with Gasteiger partial charge in [-0.2, -0.15) is 0 Å². The van der Waals surface area contributed by atoms with Gasteiger partial charge in [0.1, 0.15) is 6.61 Å². The third-order valence-corrected chi connectivity index (χ3v) is 8.44. The highest BCUT2D eigenvalue weighted by molar-refractivity contribution is 9.10. The molecule has 1 aliphatic heterocycles. The summed E-state index contributed by atoms with van der Waals surface area (Å²) in [6.07, 6.45) is 7.75. The van der Waals surface area contributed by atoms with Gasteiger partial charge < -0.3 is 14.4 Å². The second-order valence-electron chi connectivity index (χ2n) is 12.5. The molecule has 6 heteroatoms. The molecule has 0 bridgehead atoms. The number of allylic oxidation sites excluding steroid dienone is 4. The molecule has 0 aromatic heterocycles. The molecule has 0 saturated carbocycles. The van der Waals surface area contributed by atoms with Gasteiger partial charge in [-0.1, -0.05) is 55.6 Å². The van der Waals surface area contributed by atoms with Gasteiger partial charge in [0, 0.05) is 51.5 Å². The van der Waals surface area contributed by atoms with Crippen LogP contribution >= 0.6 is 15.9 Å². The number of rotatable bonds is 6. The molecule has 3 aliphatic rings. The maximum absolute atomic E-state index is 14.1. The zero-order chi connectivity index (χ0) is 28.8. The van der Waals surface area contributed by atoms with Crippen LogP contribution < -0.4 is 14.4 Å². The Labute approximate surface area is 245 Å². The molecule has 2 aliphatic carbocycles. The van der Waals surface area contributed by atoms with Crippen molar-refractivity contribution in [2.24, 2.45) is 10.8 Å². The van der Waals surface area contributed by atoms with Gasteiger partial charge in [0.2, 0.25) is 0 Å². The summed E-state index contributed by atoms with van der Waals surface area (Å²) in [5.41, 5.74) is 4.82. The van der Waals surface area contributed by atoms with Crippen molar-refractivity contribution in [1.29, 1.82) is 0 Å². The average molecular weight is 603 g/mol. The lowest BCUT2D eigenvalue weighted by atomic mass is 9.63. The van der Waals surface area contributed by atoms with Crippen molar-refractivity contribution >= 4 is 33.2 Å². The quantitative estimate of drug-likeness (QED) is 0.317. The third kappa shape index (κ3) is 5.24. The van der Waals surface area contributed by atoms with Gasteiger partial charge in [0.15, 0.2) is 23.1 Å². The largest absolute Gasteiger partial charge is 0.490 e. The molecule has 1 heterocycles. The Morgan fingerprint density at radius 1 is 0.875 bits per heavy atom. The number of ketones is 2. The Hall–Kier alpha value is -3.30. The summed E-state index contributed by atoms with van der Waals surface area (Å²) in [4.78, 5) is 30.4. The molecule has 0 atom stereocenters. The molecule has 0 saturated heterocycles. The Bertz CT molecular complexity index is 1420. The van der Waals surface area contributed by atoms with Gasteiger partial charge in [0.25, 0.3) is 0 Å². The summed E-state index contributed by atoms with van der Waals surface area (Å²) in [5.74, 6) is 3.32. The van der Waals surface area contributed by atoms with Crippen molar-refractivity contribution in [2.45, 2.75) is 66.2 Å². The maximum Gasteiger partial charge on any atom is 0.162 e. The van der Waals surface area contributed by atoms with Gasteiger partial charge in [-0.3, -0.25) is 9.59 Å². The van der Waals surface area contributed by atoms with E-state index in [-0.39, 0.29) is 29.0 Å². The number of hydrogen-bond acceptors (Lipinski definition) is 5. The summed E-state index contributed by atoms with van der Waals surface area (Å²) >= 11 is 3.56. The van der Waals surface area contributed by atoms with Crippen LogP contribution in [0, 0.1) is 23.2 Å². The summed E-state index contributed by atoms with van der Waals surface area (Å²) in [6, 6.07) is 13.8. The minimum atomic E-state index is -0.468. The van der Waals surface area contributed by atoms with Crippen molar-refractivity contribution in [3.63, 3.8) is 0 Å². The second kappa shape index (κ2) is 10.6. The molecule has 2 aromatic rings. The van der Waals surface area contributed by atoms with E-state index in [0.717, 1.165) is 40.0 Å². The van der Waals surface area contributed by atoms with Crippen molar-refractivity contribution in [1.82, 2.24) is 0 Å². The predicted molar refractivity (Wildman–Crippen MR) is 161 cm³/mol. The lowest BCUT2D eigenvalue weighted by Crippen LogP contribution is -2.44. The van der Waals surface area contributed by atoms with Crippen LogP contribution in [0.3, 0.4) is 0 Å². The molecular weight excluding hydrogens is 566 g/mol. The van der Waals surface area contributed by atoms with Crippen molar-refractivity contribution < 1.29 is 19.1 Å². The Morgan fingerprint density at radius 3 is 1.98 bits per heavy atom. The molecule has 5 rings (SSSR count). The first-order chi connectivity index (χ1) is 18.9. The van der Waals surface area contributed by atoms with Crippen LogP contribution in [0.2, 0.25) is 0 Å². The van der Waals surface area contributed by atoms with Crippen LogP contribution in [0.4, 0.5) is 5.69 Å². The van der Waals surface area contributed by atoms with E-state index in [1.807, 2.05) is 37.3 Å². The number of carbonyl (C=O) groups is 2. The number of halogens is 1. The number of ether oxygens (including phenoxy) is 2. The topological polar surface area (TPSA) is 55.8 Å². The second-order valence-corrected chi connectivity index (χ2v) is 13.4. The number of carbonyl (C=O) groups excluding carboxylic acids is 2. The van der Waals surface area contributed by atoms with E-state index in [0.29, 0.717) is 42.1 Å². The molecule has 0 unspecified atom stereocenters. The van der Waals surface area contributed by atoms with Gasteiger partial charge in [-0.15, -0.1) is 6.42 Å². The van der Waals surface area contributed by atoms with Gasteiger partial charge in [-0.05, 0) is 72.6 Å². The Kier molecular flexibility index (Phi) is 7.48. The van der Waals surface area contributed by atoms with E-state index < -0.39 is 5.92 Å². The number of anilines is 1. The fourth-order valence-electron chi connectivity index (χ4n) is 6.41. The van der Waals surface area contributed by atoms with Gasteiger partial charge in [0.05, 0.1) is 6.61 Å². The van der Waals surface area contributed by atoms with E-state index in [4.69, 9.17) is 15.9 Å². The Balaban J connectivity index is 1.78. The molecule has 0 spiro atoms. The molecule has 0 amide bonds. The lowest BCUT2D eigenvalue weighted by molar-refractivity contribution is -0.119. The zero-order valence-electron chi connectivity index (χ0n) is 23.9. The van der Waals surface area contributed by atoms with Crippen molar-refractivity contribution in [3.05, 3.63) is 75.0 Å². The van der Waals surface area contributed by atoms with E-state index in [2.05, 4.69) is 66.6 Å². The van der Waals surface area contributed by atoms with Crippen LogP contribution in [0.25, 0.3) is 0 Å². The van der Waals surface area contributed by atoms with Gasteiger partial charge in [-0.25, -0.2) is 0 Å². The summed E-state index contributed by atoms with van der Waals surface area (Å²) in [6.45, 7) is 11.1. The zero-order valence-corrected chi connectivity index (χ0v) is 25.5. The average Bonchev–Trinajstić information content (AvgIpc) is 2.86. The number of benzene rings is 2. The van der Waals surface area contributed by atoms with Crippen molar-refractivity contribution in [2.75, 3.05) is 18.1 Å². The van der Waals surface area contributed by atoms with Gasteiger partial charge >= 0.3 is 0 Å².